The molecular formula is C25H24N2O5. The van der Waals surface area contributed by atoms with E-state index in [0.717, 1.165) is 16.7 Å². The lowest BCUT2D eigenvalue weighted by atomic mass is 9.96. The number of pyridine rings is 1. The van der Waals surface area contributed by atoms with Crippen LogP contribution in [0.25, 0.3) is 5.76 Å². The van der Waals surface area contributed by atoms with Gasteiger partial charge < -0.3 is 19.2 Å². The lowest BCUT2D eigenvalue weighted by Crippen LogP contribution is -2.29. The van der Waals surface area contributed by atoms with Crippen LogP contribution < -0.4 is 4.74 Å². The molecule has 4 rings (SSSR count). The van der Waals surface area contributed by atoms with Gasteiger partial charge in [0.15, 0.2) is 0 Å². The molecule has 164 valence electrons. The number of aryl methyl sites for hydroxylation is 3. The molecule has 1 aliphatic heterocycles. The van der Waals surface area contributed by atoms with Crippen LogP contribution >= 0.6 is 0 Å². The number of hydrogen-bond acceptors (Lipinski definition) is 6. The van der Waals surface area contributed by atoms with E-state index in [0.29, 0.717) is 22.8 Å². The third-order valence-electron chi connectivity index (χ3n) is 5.52. The van der Waals surface area contributed by atoms with Gasteiger partial charge in [-0.05, 0) is 61.7 Å². The molecule has 3 aromatic rings. The molecule has 0 radical (unpaired) electrons. The summed E-state index contributed by atoms with van der Waals surface area (Å²) in [5, 5.41) is 11.3. The van der Waals surface area contributed by atoms with Gasteiger partial charge in [0.25, 0.3) is 11.7 Å². The minimum atomic E-state index is -0.880. The molecule has 1 unspecified atom stereocenters. The van der Waals surface area contributed by atoms with Crippen LogP contribution in [0.4, 0.5) is 0 Å². The third kappa shape index (κ3) is 3.66. The number of nitrogens with zero attached hydrogens (tertiary/aromatic N) is 2. The molecule has 7 nitrogen and oxygen atoms in total. The SMILES string of the molecule is COc1c(C)cc(C)cc1/C(O)=C1\C(=O)C(=O)N(Cc2cccnc2)C1c1ccc(C)o1. The molecule has 0 spiro atoms. The van der Waals surface area contributed by atoms with E-state index in [1.165, 1.54) is 12.0 Å². The number of furan rings is 1. The number of benzene rings is 1. The second-order valence-electron chi connectivity index (χ2n) is 7.90. The number of aromatic nitrogens is 1. The molecule has 1 amide bonds. The number of carbonyl (C=O) groups is 2. The zero-order valence-electron chi connectivity index (χ0n) is 18.4. The van der Waals surface area contributed by atoms with Crippen molar-refractivity contribution in [2.75, 3.05) is 7.11 Å². The van der Waals surface area contributed by atoms with E-state index >= 15 is 0 Å². The number of hydrogen-bond donors (Lipinski definition) is 1. The number of Topliss-reactive ketones (excluding diaryl/α,β-unsaturated/α-hetero) is 1. The van der Waals surface area contributed by atoms with E-state index in [4.69, 9.17) is 9.15 Å². The summed E-state index contributed by atoms with van der Waals surface area (Å²) < 4.78 is 11.3. The largest absolute Gasteiger partial charge is 0.507 e. The van der Waals surface area contributed by atoms with Crippen molar-refractivity contribution in [1.29, 1.82) is 0 Å². The first-order chi connectivity index (χ1) is 15.3. The summed E-state index contributed by atoms with van der Waals surface area (Å²) >= 11 is 0. The van der Waals surface area contributed by atoms with Crippen LogP contribution in [0.2, 0.25) is 0 Å². The van der Waals surface area contributed by atoms with Crippen molar-refractivity contribution in [2.24, 2.45) is 0 Å². The number of methoxy groups -OCH3 is 1. The summed E-state index contributed by atoms with van der Waals surface area (Å²) in [6, 6.07) is 9.84. The summed E-state index contributed by atoms with van der Waals surface area (Å²) in [7, 11) is 1.50. The molecule has 1 atom stereocenters. The van der Waals surface area contributed by atoms with Gasteiger partial charge in [-0.3, -0.25) is 14.6 Å². The summed E-state index contributed by atoms with van der Waals surface area (Å²) in [6.07, 6.45) is 3.27. The Bertz CT molecular complexity index is 1230. The highest BCUT2D eigenvalue weighted by molar-refractivity contribution is 6.46. The predicted octanol–water partition coefficient (Wildman–Crippen LogP) is 4.23. The Labute approximate surface area is 186 Å². The topological polar surface area (TPSA) is 92.9 Å². The first kappa shape index (κ1) is 21.4. The molecule has 1 fully saturated rings. The highest BCUT2D eigenvalue weighted by Crippen LogP contribution is 2.42. The molecule has 0 bridgehead atoms. The third-order valence-corrected chi connectivity index (χ3v) is 5.52. The molecule has 1 saturated heterocycles. The first-order valence-corrected chi connectivity index (χ1v) is 10.2. The van der Waals surface area contributed by atoms with Gasteiger partial charge in [-0.25, -0.2) is 0 Å². The maximum atomic E-state index is 13.2. The van der Waals surface area contributed by atoms with Crippen molar-refractivity contribution >= 4 is 17.4 Å². The standard InChI is InChI=1S/C25H24N2O5/c1-14-10-15(2)24(31-4)18(11-14)22(28)20-21(19-8-7-16(3)32-19)27(25(30)23(20)29)13-17-6-5-9-26-12-17/h5-12,21,28H,13H2,1-4H3/b22-20+. The van der Waals surface area contributed by atoms with Crippen molar-refractivity contribution in [3.05, 3.63) is 88.1 Å². The molecular weight excluding hydrogens is 408 g/mol. The lowest BCUT2D eigenvalue weighted by Gasteiger charge is -2.23. The van der Waals surface area contributed by atoms with E-state index < -0.39 is 17.7 Å². The number of amides is 1. The van der Waals surface area contributed by atoms with Crippen LogP contribution in [-0.4, -0.2) is 33.8 Å². The van der Waals surface area contributed by atoms with Gasteiger partial charge in [0, 0.05) is 18.9 Å². The van der Waals surface area contributed by atoms with E-state index in [2.05, 4.69) is 4.98 Å². The number of carbonyl (C=O) groups excluding carboxylic acids is 2. The summed E-state index contributed by atoms with van der Waals surface area (Å²) in [4.78, 5) is 31.7. The number of ketones is 1. The average Bonchev–Trinajstić information content (AvgIpc) is 3.30. The molecule has 2 aromatic heterocycles. The number of rotatable bonds is 5. The minimum absolute atomic E-state index is 0.0310. The Morgan fingerprint density at radius 3 is 2.59 bits per heavy atom. The van der Waals surface area contributed by atoms with Crippen LogP contribution in [0.1, 0.15) is 39.8 Å². The molecule has 0 saturated carbocycles. The van der Waals surface area contributed by atoms with Crippen LogP contribution in [0.3, 0.4) is 0 Å². The highest BCUT2D eigenvalue weighted by atomic mass is 16.5. The highest BCUT2D eigenvalue weighted by Gasteiger charge is 2.47. The van der Waals surface area contributed by atoms with Gasteiger partial charge in [-0.15, -0.1) is 0 Å². The van der Waals surface area contributed by atoms with E-state index in [9.17, 15) is 14.7 Å². The Balaban J connectivity index is 1.92. The van der Waals surface area contributed by atoms with Crippen molar-refractivity contribution in [3.8, 4) is 5.75 Å². The molecule has 1 aromatic carbocycles. The average molecular weight is 432 g/mol. The maximum absolute atomic E-state index is 13.2. The smallest absolute Gasteiger partial charge is 0.296 e. The van der Waals surface area contributed by atoms with Crippen molar-refractivity contribution in [1.82, 2.24) is 9.88 Å². The quantitative estimate of drug-likeness (QED) is 0.368. The maximum Gasteiger partial charge on any atom is 0.296 e. The summed E-state index contributed by atoms with van der Waals surface area (Å²) in [5.74, 6) is -0.295. The molecule has 1 N–H and O–H groups in total. The van der Waals surface area contributed by atoms with Gasteiger partial charge in [0.2, 0.25) is 0 Å². The van der Waals surface area contributed by atoms with Crippen molar-refractivity contribution in [3.63, 3.8) is 0 Å². The Morgan fingerprint density at radius 2 is 1.97 bits per heavy atom. The zero-order valence-corrected chi connectivity index (χ0v) is 18.4. The molecule has 3 heterocycles. The van der Waals surface area contributed by atoms with Gasteiger partial charge in [0.1, 0.15) is 29.1 Å². The Kier molecular flexibility index (Phi) is 5.57. The predicted molar refractivity (Wildman–Crippen MR) is 118 cm³/mol. The fourth-order valence-corrected chi connectivity index (χ4v) is 4.17. The first-order valence-electron chi connectivity index (χ1n) is 10.2. The molecule has 1 aliphatic rings. The fraction of sp³-hybridized carbons (Fsp3) is 0.240. The van der Waals surface area contributed by atoms with Crippen LogP contribution in [0.15, 0.2) is 58.8 Å². The number of aliphatic hydroxyl groups is 1. The second-order valence-corrected chi connectivity index (χ2v) is 7.90. The summed E-state index contributed by atoms with van der Waals surface area (Å²) in [6.45, 7) is 5.67. The zero-order chi connectivity index (χ0) is 23.0. The van der Waals surface area contributed by atoms with Gasteiger partial charge in [0.05, 0.1) is 18.2 Å². The lowest BCUT2D eigenvalue weighted by molar-refractivity contribution is -0.140. The Hall–Kier alpha value is -3.87. The number of likely N-dealkylation sites (tertiary alicyclic amines) is 1. The van der Waals surface area contributed by atoms with Gasteiger partial charge in [-0.2, -0.15) is 0 Å². The van der Waals surface area contributed by atoms with Crippen LogP contribution in [-0.2, 0) is 16.1 Å². The molecule has 0 aliphatic carbocycles. The van der Waals surface area contributed by atoms with Crippen molar-refractivity contribution < 1.29 is 23.8 Å². The molecule has 7 heteroatoms. The second kappa shape index (κ2) is 8.34. The van der Waals surface area contributed by atoms with Crippen LogP contribution in [0, 0.1) is 20.8 Å². The van der Waals surface area contributed by atoms with Gasteiger partial charge in [-0.1, -0.05) is 12.1 Å². The minimum Gasteiger partial charge on any atom is -0.507 e. The van der Waals surface area contributed by atoms with Crippen molar-refractivity contribution in [2.45, 2.75) is 33.4 Å². The van der Waals surface area contributed by atoms with Gasteiger partial charge >= 0.3 is 0 Å². The van der Waals surface area contributed by atoms with E-state index in [1.807, 2.05) is 26.0 Å². The normalized spacial score (nSPS) is 17.8. The van der Waals surface area contributed by atoms with Crippen LogP contribution in [0.5, 0.6) is 5.75 Å². The fourth-order valence-electron chi connectivity index (χ4n) is 4.17. The Morgan fingerprint density at radius 1 is 1.19 bits per heavy atom. The van der Waals surface area contributed by atoms with E-state index in [-0.39, 0.29) is 17.9 Å². The molecule has 32 heavy (non-hydrogen) atoms. The number of aliphatic hydroxyl groups excluding tert-OH is 1. The summed E-state index contributed by atoms with van der Waals surface area (Å²) in [5.41, 5.74) is 2.78. The van der Waals surface area contributed by atoms with E-state index in [1.54, 1.807) is 43.6 Å². The monoisotopic (exact) mass is 432 g/mol. The number of ether oxygens (including phenoxy) is 1.